The van der Waals surface area contributed by atoms with Crippen LogP contribution < -0.4 is 10.6 Å². The Kier molecular flexibility index (Phi) is 5.07. The molecule has 3 aromatic rings. The van der Waals surface area contributed by atoms with Crippen LogP contribution >= 0.6 is 11.3 Å². The maximum atomic E-state index is 13.8. The zero-order valence-corrected chi connectivity index (χ0v) is 16.7. The first-order valence-corrected chi connectivity index (χ1v) is 9.87. The molecule has 148 valence electrons. The van der Waals surface area contributed by atoms with Crippen LogP contribution in [0.25, 0.3) is 16.1 Å². The van der Waals surface area contributed by atoms with Crippen LogP contribution in [0.1, 0.15) is 20.8 Å². The Morgan fingerprint density at radius 2 is 1.83 bits per heavy atom. The maximum Gasteiger partial charge on any atom is 0.261 e. The topological polar surface area (TPSA) is 44.4 Å². The Morgan fingerprint density at radius 1 is 1.14 bits per heavy atom. The second-order valence-corrected chi connectivity index (χ2v) is 7.89. The molecule has 2 N–H and O–H groups in total. The van der Waals surface area contributed by atoms with E-state index in [9.17, 15) is 13.6 Å². The smallest absolute Gasteiger partial charge is 0.261 e. The summed E-state index contributed by atoms with van der Waals surface area (Å²) in [5.41, 5.74) is 3.22. The molecule has 0 saturated heterocycles. The standard InChI is InChI=1S/C22H19F2N3OS/c1-13-10-19(18-11-25-12-27(18)2)29-21(13)14-6-8-15(9-7-14)26-22(28)20-16(23)4-3-5-17(20)24/h3-11,25H,12H2,1-2H3,(H,26,28). The summed E-state index contributed by atoms with van der Waals surface area (Å²) in [6, 6.07) is 12.7. The fourth-order valence-electron chi connectivity index (χ4n) is 3.24. The van der Waals surface area contributed by atoms with E-state index in [4.69, 9.17) is 0 Å². The van der Waals surface area contributed by atoms with E-state index >= 15 is 0 Å². The molecule has 0 radical (unpaired) electrons. The van der Waals surface area contributed by atoms with Gasteiger partial charge in [-0.25, -0.2) is 8.78 Å². The van der Waals surface area contributed by atoms with Crippen LogP contribution in [0.4, 0.5) is 14.5 Å². The van der Waals surface area contributed by atoms with E-state index in [2.05, 4.69) is 28.5 Å². The van der Waals surface area contributed by atoms with Gasteiger partial charge in [-0.2, -0.15) is 0 Å². The molecule has 0 bridgehead atoms. The van der Waals surface area contributed by atoms with E-state index < -0.39 is 23.1 Å². The molecule has 4 rings (SSSR count). The third kappa shape index (κ3) is 3.73. The van der Waals surface area contributed by atoms with E-state index in [1.54, 1.807) is 23.5 Å². The molecule has 0 fully saturated rings. The number of thiophene rings is 1. The Hall–Kier alpha value is -3.19. The van der Waals surface area contributed by atoms with Crippen molar-refractivity contribution in [2.75, 3.05) is 19.0 Å². The van der Waals surface area contributed by atoms with Crippen molar-refractivity contribution in [2.45, 2.75) is 6.92 Å². The van der Waals surface area contributed by atoms with Gasteiger partial charge in [0.2, 0.25) is 0 Å². The first-order chi connectivity index (χ1) is 13.9. The molecule has 0 saturated carbocycles. The van der Waals surface area contributed by atoms with E-state index in [-0.39, 0.29) is 0 Å². The lowest BCUT2D eigenvalue weighted by molar-refractivity contribution is 0.101. The minimum absolute atomic E-state index is 0.471. The third-order valence-electron chi connectivity index (χ3n) is 4.74. The number of hydrogen-bond acceptors (Lipinski definition) is 4. The Balaban J connectivity index is 1.54. The van der Waals surface area contributed by atoms with Crippen molar-refractivity contribution in [1.29, 1.82) is 0 Å². The van der Waals surface area contributed by atoms with E-state index in [0.29, 0.717) is 5.69 Å². The number of anilines is 1. The predicted molar refractivity (Wildman–Crippen MR) is 113 cm³/mol. The van der Waals surface area contributed by atoms with Gasteiger partial charge in [0, 0.05) is 23.8 Å². The van der Waals surface area contributed by atoms with Crippen LogP contribution in [-0.4, -0.2) is 24.5 Å². The van der Waals surface area contributed by atoms with Crippen molar-refractivity contribution in [1.82, 2.24) is 10.2 Å². The highest BCUT2D eigenvalue weighted by Gasteiger charge is 2.18. The molecule has 0 aliphatic carbocycles. The van der Waals surface area contributed by atoms with Crippen molar-refractivity contribution >= 4 is 28.6 Å². The highest BCUT2D eigenvalue weighted by Crippen LogP contribution is 2.37. The van der Waals surface area contributed by atoms with Crippen molar-refractivity contribution in [3.8, 4) is 10.4 Å². The van der Waals surface area contributed by atoms with Gasteiger partial charge in [-0.15, -0.1) is 11.3 Å². The second-order valence-electron chi connectivity index (χ2n) is 6.84. The van der Waals surface area contributed by atoms with E-state index in [1.165, 1.54) is 10.9 Å². The van der Waals surface area contributed by atoms with Crippen LogP contribution in [0.5, 0.6) is 0 Å². The Morgan fingerprint density at radius 3 is 2.45 bits per heavy atom. The first kappa shape index (κ1) is 19.1. The van der Waals surface area contributed by atoms with Crippen molar-refractivity contribution in [2.24, 2.45) is 0 Å². The summed E-state index contributed by atoms with van der Waals surface area (Å²) in [5, 5.41) is 5.76. The highest BCUT2D eigenvalue weighted by molar-refractivity contribution is 7.16. The molecule has 0 spiro atoms. The third-order valence-corrected chi connectivity index (χ3v) is 6.05. The first-order valence-electron chi connectivity index (χ1n) is 9.05. The molecule has 1 aliphatic heterocycles. The molecule has 0 unspecified atom stereocenters. The quantitative estimate of drug-likeness (QED) is 0.632. The van der Waals surface area contributed by atoms with Gasteiger partial charge in [-0.1, -0.05) is 18.2 Å². The Labute approximate surface area is 171 Å². The van der Waals surface area contributed by atoms with Crippen LogP contribution in [-0.2, 0) is 0 Å². The summed E-state index contributed by atoms with van der Waals surface area (Å²) in [4.78, 5) is 16.7. The molecule has 1 aromatic heterocycles. The van der Waals surface area contributed by atoms with E-state index in [1.807, 2.05) is 25.4 Å². The van der Waals surface area contributed by atoms with Crippen LogP contribution in [0.15, 0.2) is 54.7 Å². The van der Waals surface area contributed by atoms with Crippen molar-refractivity contribution < 1.29 is 13.6 Å². The molecule has 1 aliphatic rings. The monoisotopic (exact) mass is 411 g/mol. The largest absolute Gasteiger partial charge is 0.372 e. The normalized spacial score (nSPS) is 13.2. The molecule has 2 heterocycles. The van der Waals surface area contributed by atoms with Gasteiger partial charge >= 0.3 is 0 Å². The van der Waals surface area contributed by atoms with Crippen molar-refractivity contribution in [3.05, 3.63) is 82.4 Å². The molecule has 29 heavy (non-hydrogen) atoms. The van der Waals surface area contributed by atoms with Gasteiger partial charge in [0.15, 0.2) is 0 Å². The number of rotatable bonds is 4. The van der Waals surface area contributed by atoms with Crippen molar-refractivity contribution in [3.63, 3.8) is 0 Å². The lowest BCUT2D eigenvalue weighted by atomic mass is 10.1. The SMILES string of the molecule is Cc1cc(C2=CNCN2C)sc1-c1ccc(NC(=O)c2c(F)cccc2F)cc1. The summed E-state index contributed by atoms with van der Waals surface area (Å²) in [6.07, 6.45) is 2.01. The van der Waals surface area contributed by atoms with Crippen LogP contribution in [0.2, 0.25) is 0 Å². The van der Waals surface area contributed by atoms with Gasteiger partial charge in [-0.05, 0) is 48.4 Å². The average Bonchev–Trinajstić information content (AvgIpc) is 3.27. The molecule has 7 heteroatoms. The summed E-state index contributed by atoms with van der Waals surface area (Å²) >= 11 is 1.70. The lowest BCUT2D eigenvalue weighted by Crippen LogP contribution is -2.17. The second kappa shape index (κ2) is 7.67. The van der Waals surface area contributed by atoms with Gasteiger partial charge in [0.05, 0.1) is 17.2 Å². The Bertz CT molecular complexity index is 1090. The summed E-state index contributed by atoms with van der Waals surface area (Å²) < 4.78 is 27.6. The fraction of sp³-hybridized carbons (Fsp3) is 0.136. The summed E-state index contributed by atoms with van der Waals surface area (Å²) in [6.45, 7) is 2.85. The number of halogens is 2. The highest BCUT2D eigenvalue weighted by atomic mass is 32.1. The molecule has 2 aromatic carbocycles. The molecule has 1 amide bonds. The average molecular weight is 411 g/mol. The summed E-state index contributed by atoms with van der Waals surface area (Å²) in [5.74, 6) is -2.59. The maximum absolute atomic E-state index is 13.8. The van der Waals surface area contributed by atoms with Crippen LogP contribution in [0, 0.1) is 18.6 Å². The number of hydrogen-bond donors (Lipinski definition) is 2. The lowest BCUT2D eigenvalue weighted by Gasteiger charge is -2.12. The zero-order chi connectivity index (χ0) is 20.5. The number of carbonyl (C=O) groups is 1. The zero-order valence-electron chi connectivity index (χ0n) is 15.9. The predicted octanol–water partition coefficient (Wildman–Crippen LogP) is 5.04. The number of benzene rings is 2. The van der Waals surface area contributed by atoms with Crippen LogP contribution in [0.3, 0.4) is 0 Å². The molecule has 0 atom stereocenters. The van der Waals surface area contributed by atoms with E-state index in [0.717, 1.165) is 40.5 Å². The molecular weight excluding hydrogens is 392 g/mol. The van der Waals surface area contributed by atoms with Gasteiger partial charge in [0.25, 0.3) is 5.91 Å². The number of nitrogens with zero attached hydrogens (tertiary/aromatic N) is 1. The minimum atomic E-state index is -0.887. The summed E-state index contributed by atoms with van der Waals surface area (Å²) in [7, 11) is 2.04. The number of carbonyl (C=O) groups excluding carboxylic acids is 1. The number of nitrogens with one attached hydrogen (secondary N) is 2. The van der Waals surface area contributed by atoms with Gasteiger partial charge in [0.1, 0.15) is 17.2 Å². The minimum Gasteiger partial charge on any atom is -0.372 e. The fourth-order valence-corrected chi connectivity index (χ4v) is 4.49. The van der Waals surface area contributed by atoms with Gasteiger partial charge in [-0.3, -0.25) is 4.79 Å². The molecule has 4 nitrogen and oxygen atoms in total. The van der Waals surface area contributed by atoms with Gasteiger partial charge < -0.3 is 15.5 Å². The number of aryl methyl sites for hydroxylation is 1. The number of amides is 1. The molecular formula is C22H19F2N3OS.